The first-order valence-corrected chi connectivity index (χ1v) is 15.9. The lowest BCUT2D eigenvalue weighted by Crippen LogP contribution is -2.54. The molecule has 3 aromatic rings. The Labute approximate surface area is 242 Å². The number of amides is 2. The number of halogens is 1. The van der Waals surface area contributed by atoms with Gasteiger partial charge in [-0.2, -0.15) is 0 Å². The van der Waals surface area contributed by atoms with Gasteiger partial charge in [-0.25, -0.2) is 12.8 Å². The number of aryl methyl sites for hydroxylation is 1. The summed E-state index contributed by atoms with van der Waals surface area (Å²) in [5.41, 5.74) is 2.91. The molecule has 1 aliphatic carbocycles. The molecule has 1 atom stereocenters. The average Bonchev–Trinajstić information content (AvgIpc) is 3.47. The Morgan fingerprint density at radius 2 is 1.51 bits per heavy atom. The predicted octanol–water partition coefficient (Wildman–Crippen LogP) is 4.85. The Balaban J connectivity index is 1.71. The summed E-state index contributed by atoms with van der Waals surface area (Å²) in [5, 5.41) is 3.13. The largest absolute Gasteiger partial charge is 0.352 e. The number of carbonyl (C=O) groups excluding carboxylic acids is 2. The lowest BCUT2D eigenvalue weighted by molar-refractivity contribution is -0.140. The first-order valence-electron chi connectivity index (χ1n) is 14.1. The molecule has 4 rings (SSSR count). The van der Waals surface area contributed by atoms with Crippen LogP contribution in [0.2, 0.25) is 0 Å². The van der Waals surface area contributed by atoms with Crippen LogP contribution in [0.3, 0.4) is 0 Å². The van der Waals surface area contributed by atoms with Crippen molar-refractivity contribution in [2.75, 3.05) is 17.1 Å². The molecule has 1 N–H and O–H groups in total. The Morgan fingerprint density at radius 1 is 0.902 bits per heavy atom. The second-order valence-corrected chi connectivity index (χ2v) is 12.5. The lowest BCUT2D eigenvalue weighted by Gasteiger charge is -2.34. The second-order valence-electron chi connectivity index (χ2n) is 10.6. The SMILES string of the molecule is CCc1ccc(N(CC(=O)N(Cc2ccc(F)cc2)[C@@H](Cc2ccccc2)C(=O)NC2CCCC2)S(C)(=O)=O)cc1. The van der Waals surface area contributed by atoms with E-state index in [1.165, 1.54) is 17.0 Å². The summed E-state index contributed by atoms with van der Waals surface area (Å²) in [6.45, 7) is 1.54. The van der Waals surface area contributed by atoms with E-state index in [-0.39, 0.29) is 24.9 Å². The maximum Gasteiger partial charge on any atom is 0.244 e. The van der Waals surface area contributed by atoms with Gasteiger partial charge in [-0.05, 0) is 60.2 Å². The van der Waals surface area contributed by atoms with Gasteiger partial charge in [-0.1, -0.05) is 74.4 Å². The summed E-state index contributed by atoms with van der Waals surface area (Å²) in [5.74, 6) is -1.22. The molecule has 1 saturated carbocycles. The zero-order chi connectivity index (χ0) is 29.4. The van der Waals surface area contributed by atoms with Crippen LogP contribution in [0.15, 0.2) is 78.9 Å². The first kappa shape index (κ1) is 30.2. The van der Waals surface area contributed by atoms with Crippen LogP contribution in [0.25, 0.3) is 0 Å². The second kappa shape index (κ2) is 13.8. The number of sulfonamides is 1. The molecule has 41 heavy (non-hydrogen) atoms. The van der Waals surface area contributed by atoms with E-state index in [4.69, 9.17) is 0 Å². The van der Waals surface area contributed by atoms with Crippen LogP contribution < -0.4 is 9.62 Å². The number of anilines is 1. The average molecular weight is 580 g/mol. The van der Waals surface area contributed by atoms with Crippen molar-refractivity contribution in [1.29, 1.82) is 0 Å². The van der Waals surface area contributed by atoms with Crippen molar-refractivity contribution in [2.24, 2.45) is 0 Å². The van der Waals surface area contributed by atoms with Gasteiger partial charge in [0.25, 0.3) is 0 Å². The number of hydrogen-bond donors (Lipinski definition) is 1. The predicted molar refractivity (Wildman–Crippen MR) is 159 cm³/mol. The van der Waals surface area contributed by atoms with Gasteiger partial charge < -0.3 is 10.2 Å². The van der Waals surface area contributed by atoms with E-state index >= 15 is 0 Å². The molecule has 0 radical (unpaired) electrons. The van der Waals surface area contributed by atoms with E-state index < -0.39 is 34.3 Å². The normalized spacial score (nSPS) is 14.4. The van der Waals surface area contributed by atoms with Crippen LogP contribution in [-0.2, 0) is 39.0 Å². The fraction of sp³-hybridized carbons (Fsp3) is 0.375. The molecule has 1 aliphatic rings. The van der Waals surface area contributed by atoms with Crippen molar-refractivity contribution in [2.45, 2.75) is 64.1 Å². The first-order chi connectivity index (χ1) is 19.6. The van der Waals surface area contributed by atoms with Crippen LogP contribution in [0.1, 0.15) is 49.3 Å². The van der Waals surface area contributed by atoms with Crippen molar-refractivity contribution in [3.8, 4) is 0 Å². The Bertz CT molecular complexity index is 1410. The molecule has 0 spiro atoms. The standard InChI is InChI=1S/C32H38FN3O4S/c1-3-24-15-19-29(20-16-24)36(41(2,39)40)23-31(37)35(22-26-13-17-27(33)18-14-26)30(21-25-9-5-4-6-10-25)32(38)34-28-11-7-8-12-28/h4-6,9-10,13-20,28,30H,3,7-8,11-12,21-23H2,1-2H3,(H,34,38)/t30-/m0/s1. The summed E-state index contributed by atoms with van der Waals surface area (Å²) in [4.78, 5) is 29.4. The fourth-order valence-electron chi connectivity index (χ4n) is 5.22. The fourth-order valence-corrected chi connectivity index (χ4v) is 6.07. The lowest BCUT2D eigenvalue weighted by atomic mass is 10.0. The van der Waals surface area contributed by atoms with E-state index in [0.29, 0.717) is 11.3 Å². The van der Waals surface area contributed by atoms with Crippen LogP contribution in [0.4, 0.5) is 10.1 Å². The maximum atomic E-state index is 14.1. The van der Waals surface area contributed by atoms with Gasteiger partial charge in [-0.3, -0.25) is 13.9 Å². The number of benzene rings is 3. The molecule has 3 aromatic carbocycles. The van der Waals surface area contributed by atoms with Gasteiger partial charge >= 0.3 is 0 Å². The highest BCUT2D eigenvalue weighted by atomic mass is 32.2. The molecule has 0 aliphatic heterocycles. The van der Waals surface area contributed by atoms with Gasteiger partial charge in [0, 0.05) is 19.0 Å². The topological polar surface area (TPSA) is 86.8 Å². The van der Waals surface area contributed by atoms with Crippen molar-refractivity contribution in [1.82, 2.24) is 10.2 Å². The Hall–Kier alpha value is -3.72. The summed E-state index contributed by atoms with van der Waals surface area (Å²) in [6.07, 6.45) is 5.93. The van der Waals surface area contributed by atoms with E-state index in [1.54, 1.807) is 24.3 Å². The van der Waals surface area contributed by atoms with Gasteiger partial charge in [0.2, 0.25) is 21.8 Å². The molecule has 0 unspecified atom stereocenters. The van der Waals surface area contributed by atoms with Gasteiger partial charge in [0.1, 0.15) is 18.4 Å². The number of nitrogens with zero attached hydrogens (tertiary/aromatic N) is 2. The number of rotatable bonds is 12. The third-order valence-corrected chi connectivity index (χ3v) is 8.69. The summed E-state index contributed by atoms with van der Waals surface area (Å²) >= 11 is 0. The molecular formula is C32H38FN3O4S. The highest BCUT2D eigenvalue weighted by molar-refractivity contribution is 7.92. The molecule has 218 valence electrons. The minimum Gasteiger partial charge on any atom is -0.352 e. The molecule has 0 bridgehead atoms. The molecule has 0 heterocycles. The van der Waals surface area contributed by atoms with Gasteiger partial charge in [0.15, 0.2) is 0 Å². The van der Waals surface area contributed by atoms with Crippen LogP contribution in [0, 0.1) is 5.82 Å². The van der Waals surface area contributed by atoms with Crippen LogP contribution in [0.5, 0.6) is 0 Å². The molecule has 9 heteroatoms. The van der Waals surface area contributed by atoms with Gasteiger partial charge in [-0.15, -0.1) is 0 Å². The molecule has 0 saturated heterocycles. The van der Waals surface area contributed by atoms with Crippen LogP contribution in [-0.4, -0.2) is 50.0 Å². The molecular weight excluding hydrogens is 541 g/mol. The van der Waals surface area contributed by atoms with Crippen molar-refractivity contribution >= 4 is 27.5 Å². The minimum absolute atomic E-state index is 0.0150. The molecule has 2 amide bonds. The zero-order valence-electron chi connectivity index (χ0n) is 23.6. The van der Waals surface area contributed by atoms with E-state index in [1.807, 2.05) is 49.4 Å². The highest BCUT2D eigenvalue weighted by Crippen LogP contribution is 2.23. The summed E-state index contributed by atoms with van der Waals surface area (Å²) < 4.78 is 40.6. The number of carbonyl (C=O) groups is 2. The summed E-state index contributed by atoms with van der Waals surface area (Å²) in [6, 6.07) is 21.4. The molecule has 0 aromatic heterocycles. The van der Waals surface area contributed by atoms with E-state index in [2.05, 4.69) is 5.32 Å². The minimum atomic E-state index is -3.83. The quantitative estimate of drug-likeness (QED) is 0.332. The zero-order valence-corrected chi connectivity index (χ0v) is 24.4. The monoisotopic (exact) mass is 579 g/mol. The van der Waals surface area contributed by atoms with Crippen LogP contribution >= 0.6 is 0 Å². The highest BCUT2D eigenvalue weighted by Gasteiger charge is 2.34. The van der Waals surface area contributed by atoms with E-state index in [0.717, 1.165) is 53.8 Å². The van der Waals surface area contributed by atoms with Gasteiger partial charge in [0.05, 0.1) is 11.9 Å². The summed E-state index contributed by atoms with van der Waals surface area (Å²) in [7, 11) is -3.83. The maximum absolute atomic E-state index is 14.1. The molecule has 7 nitrogen and oxygen atoms in total. The van der Waals surface area contributed by atoms with Crippen molar-refractivity contribution < 1.29 is 22.4 Å². The third-order valence-electron chi connectivity index (χ3n) is 7.55. The molecule has 1 fully saturated rings. The smallest absolute Gasteiger partial charge is 0.244 e. The number of nitrogens with one attached hydrogen (secondary N) is 1. The number of hydrogen-bond acceptors (Lipinski definition) is 4. The third kappa shape index (κ3) is 8.39. The van der Waals surface area contributed by atoms with E-state index in [9.17, 15) is 22.4 Å². The Morgan fingerprint density at radius 3 is 2.10 bits per heavy atom. The Kier molecular flexibility index (Phi) is 10.2. The van der Waals surface area contributed by atoms with Crippen molar-refractivity contribution in [3.63, 3.8) is 0 Å². The van der Waals surface area contributed by atoms with Crippen molar-refractivity contribution in [3.05, 3.63) is 101 Å².